The Labute approximate surface area is 255 Å². The minimum Gasteiger partial charge on any atom is -0.508 e. The molecule has 230 valence electrons. The van der Waals surface area contributed by atoms with Crippen LogP contribution in [0, 0.1) is 56.7 Å². The van der Waals surface area contributed by atoms with Crippen LogP contribution < -0.4 is 0 Å². The van der Waals surface area contributed by atoms with E-state index in [0.717, 1.165) is 36.2 Å². The number of carbonyl (C=O) groups is 1. The first-order valence-electron chi connectivity index (χ1n) is 17.0. The van der Waals surface area contributed by atoms with E-state index in [1.54, 1.807) is 24.3 Å². The van der Waals surface area contributed by atoms with Crippen LogP contribution in [0.3, 0.4) is 0 Å². The molecule has 0 saturated heterocycles. The maximum atomic E-state index is 13.0. The van der Waals surface area contributed by atoms with Gasteiger partial charge in [0.1, 0.15) is 11.9 Å². The molecule has 6 rings (SSSR count). The first-order chi connectivity index (χ1) is 19.7. The third-order valence-corrected chi connectivity index (χ3v) is 15.0. The van der Waals surface area contributed by atoms with E-state index in [1.165, 1.54) is 56.9 Å². The highest BCUT2D eigenvalue weighted by Gasteiger charge is 2.70. The molecular weight excluding hydrogens is 516 g/mol. The fourth-order valence-electron chi connectivity index (χ4n) is 12.6. The molecule has 0 bridgehead atoms. The van der Waals surface area contributed by atoms with Gasteiger partial charge in [0.15, 0.2) is 0 Å². The summed E-state index contributed by atoms with van der Waals surface area (Å²) in [6.07, 6.45) is 16.2. The van der Waals surface area contributed by atoms with Crippen LogP contribution in [-0.2, 0) is 9.53 Å². The lowest BCUT2D eigenvalue weighted by atomic mass is 9.32. The first-order valence-corrected chi connectivity index (χ1v) is 17.0. The number of benzene rings is 1. The molecule has 42 heavy (non-hydrogen) atoms. The zero-order valence-electron chi connectivity index (χ0n) is 27.5. The largest absolute Gasteiger partial charge is 0.508 e. The quantitative estimate of drug-likeness (QED) is 0.222. The SMILES string of the molecule is C=C(C)[C@@H]1CC[C@]2(C)CC[C@]3(C)[C@H](CC[C@@H]4[C@@]5(C)CC[C@H](OC(=O)/C=C/c6ccc(O)cc6)C(C)(C)C5CC[C@]43C)C12. The van der Waals surface area contributed by atoms with Crippen molar-refractivity contribution in [1.29, 1.82) is 0 Å². The minimum absolute atomic E-state index is 0.0598. The van der Waals surface area contributed by atoms with Crippen LogP contribution in [0.15, 0.2) is 42.5 Å². The van der Waals surface area contributed by atoms with Gasteiger partial charge in [-0.25, -0.2) is 4.79 Å². The maximum Gasteiger partial charge on any atom is 0.331 e. The summed E-state index contributed by atoms with van der Waals surface area (Å²) >= 11 is 0. The lowest BCUT2D eigenvalue weighted by Gasteiger charge is -2.73. The van der Waals surface area contributed by atoms with Gasteiger partial charge in [0.2, 0.25) is 0 Å². The van der Waals surface area contributed by atoms with Gasteiger partial charge in [-0.05, 0) is 146 Å². The van der Waals surface area contributed by atoms with Crippen molar-refractivity contribution in [2.24, 2.45) is 56.7 Å². The van der Waals surface area contributed by atoms with E-state index in [4.69, 9.17) is 4.74 Å². The Morgan fingerprint density at radius 2 is 1.57 bits per heavy atom. The topological polar surface area (TPSA) is 46.5 Å². The van der Waals surface area contributed by atoms with E-state index in [1.807, 2.05) is 12.1 Å². The summed E-state index contributed by atoms with van der Waals surface area (Å²) in [7, 11) is 0. The van der Waals surface area contributed by atoms with Gasteiger partial charge in [-0.1, -0.05) is 65.8 Å². The molecule has 2 unspecified atom stereocenters. The van der Waals surface area contributed by atoms with E-state index in [9.17, 15) is 9.90 Å². The molecule has 5 saturated carbocycles. The molecule has 5 aliphatic rings. The van der Waals surface area contributed by atoms with Crippen molar-refractivity contribution < 1.29 is 14.6 Å². The molecule has 0 spiro atoms. The number of aromatic hydroxyl groups is 1. The predicted molar refractivity (Wildman–Crippen MR) is 172 cm³/mol. The van der Waals surface area contributed by atoms with Crippen molar-refractivity contribution in [2.45, 2.75) is 119 Å². The summed E-state index contributed by atoms with van der Waals surface area (Å²) in [6, 6.07) is 6.89. The molecular formula is C39H56O3. The average Bonchev–Trinajstić information content (AvgIpc) is 3.28. The van der Waals surface area contributed by atoms with Crippen molar-refractivity contribution in [3.8, 4) is 5.75 Å². The van der Waals surface area contributed by atoms with Gasteiger partial charge < -0.3 is 9.84 Å². The second-order valence-electron chi connectivity index (χ2n) is 17.1. The summed E-state index contributed by atoms with van der Waals surface area (Å²) in [5, 5.41) is 9.54. The average molecular weight is 573 g/mol. The fourth-order valence-corrected chi connectivity index (χ4v) is 12.6. The number of hydrogen-bond acceptors (Lipinski definition) is 3. The monoisotopic (exact) mass is 572 g/mol. The standard InChI is InChI=1S/C39H56O3/c1-25(2)28-17-20-36(5)23-24-38(7)29(34(28)36)14-15-31-37(6)21-19-32(35(3,4)30(37)18-22-39(31,38)8)42-33(41)16-11-26-9-12-27(40)13-10-26/h9-13,16,28-32,34,40H,1,14-15,17-24H2,2-8H3/b16-11+/t28-,29+,30?,31+,32-,34?,36+,37-,38+,39+/m0/s1. The highest BCUT2D eigenvalue weighted by molar-refractivity contribution is 5.87. The second-order valence-corrected chi connectivity index (χ2v) is 17.1. The van der Waals surface area contributed by atoms with Crippen LogP contribution >= 0.6 is 0 Å². The Morgan fingerprint density at radius 3 is 2.26 bits per heavy atom. The van der Waals surface area contributed by atoms with Crippen molar-refractivity contribution in [1.82, 2.24) is 0 Å². The first kappa shape index (κ1) is 30.0. The van der Waals surface area contributed by atoms with Crippen LogP contribution in [0.2, 0.25) is 0 Å². The molecule has 5 fully saturated rings. The highest BCUT2D eigenvalue weighted by atomic mass is 16.5. The molecule has 1 aromatic rings. The molecule has 0 aliphatic heterocycles. The zero-order chi connectivity index (χ0) is 30.3. The summed E-state index contributed by atoms with van der Waals surface area (Å²) in [5.41, 5.74) is 3.78. The van der Waals surface area contributed by atoms with Crippen LogP contribution in [-0.4, -0.2) is 17.2 Å². The van der Waals surface area contributed by atoms with Crippen molar-refractivity contribution in [3.63, 3.8) is 0 Å². The van der Waals surface area contributed by atoms with Crippen LogP contribution in [0.25, 0.3) is 6.08 Å². The number of ether oxygens (including phenoxy) is 1. The number of phenolic OH excluding ortho intramolecular Hbond substituents is 1. The Morgan fingerprint density at radius 1 is 0.857 bits per heavy atom. The van der Waals surface area contributed by atoms with Gasteiger partial charge in [0, 0.05) is 11.5 Å². The van der Waals surface area contributed by atoms with Crippen molar-refractivity contribution in [2.75, 3.05) is 0 Å². The zero-order valence-corrected chi connectivity index (χ0v) is 27.5. The van der Waals surface area contributed by atoms with Gasteiger partial charge in [-0.2, -0.15) is 0 Å². The maximum absolute atomic E-state index is 13.0. The lowest BCUT2D eigenvalue weighted by molar-refractivity contribution is -0.248. The highest BCUT2D eigenvalue weighted by Crippen LogP contribution is 2.77. The molecule has 0 heterocycles. The van der Waals surface area contributed by atoms with Gasteiger partial charge >= 0.3 is 5.97 Å². The third kappa shape index (κ3) is 4.29. The molecule has 0 aromatic heterocycles. The van der Waals surface area contributed by atoms with Gasteiger partial charge in [0.05, 0.1) is 0 Å². The van der Waals surface area contributed by atoms with Gasteiger partial charge in [-0.3, -0.25) is 0 Å². The molecule has 1 aromatic carbocycles. The molecule has 3 heteroatoms. The van der Waals surface area contributed by atoms with E-state index >= 15 is 0 Å². The van der Waals surface area contributed by atoms with E-state index in [0.29, 0.717) is 28.1 Å². The van der Waals surface area contributed by atoms with Crippen LogP contribution in [0.4, 0.5) is 0 Å². The van der Waals surface area contributed by atoms with E-state index < -0.39 is 0 Å². The number of rotatable bonds is 4. The second kappa shape index (κ2) is 10.00. The lowest BCUT2D eigenvalue weighted by Crippen LogP contribution is -2.66. The van der Waals surface area contributed by atoms with Gasteiger partial charge in [0.25, 0.3) is 0 Å². The Balaban J connectivity index is 1.22. The van der Waals surface area contributed by atoms with Crippen LogP contribution in [0.1, 0.15) is 118 Å². The van der Waals surface area contributed by atoms with E-state index in [-0.39, 0.29) is 28.7 Å². The molecule has 1 N–H and O–H groups in total. The fraction of sp³-hybridized carbons (Fsp3) is 0.718. The molecule has 5 aliphatic carbocycles. The molecule has 0 radical (unpaired) electrons. The van der Waals surface area contributed by atoms with Crippen LogP contribution in [0.5, 0.6) is 5.75 Å². The Hall–Kier alpha value is -2.03. The smallest absolute Gasteiger partial charge is 0.331 e. The number of hydrogen-bond donors (Lipinski definition) is 1. The van der Waals surface area contributed by atoms with Crippen molar-refractivity contribution >= 4 is 12.0 Å². The molecule has 3 nitrogen and oxygen atoms in total. The number of fused-ring (bicyclic) bond motifs is 7. The van der Waals surface area contributed by atoms with E-state index in [2.05, 4.69) is 55.0 Å². The normalized spacial score (nSPS) is 45.8. The molecule has 10 atom stereocenters. The number of phenols is 1. The Kier molecular flexibility index (Phi) is 7.14. The molecule has 0 amide bonds. The Bertz CT molecular complexity index is 1260. The van der Waals surface area contributed by atoms with Crippen molar-refractivity contribution in [3.05, 3.63) is 48.1 Å². The third-order valence-electron chi connectivity index (χ3n) is 15.0. The minimum atomic E-state index is -0.257. The summed E-state index contributed by atoms with van der Waals surface area (Å²) in [4.78, 5) is 13.0. The number of esters is 1. The van der Waals surface area contributed by atoms with Gasteiger partial charge in [-0.15, -0.1) is 0 Å². The number of carbonyl (C=O) groups excluding carboxylic acids is 1. The summed E-state index contributed by atoms with van der Waals surface area (Å²) < 4.78 is 6.22. The summed E-state index contributed by atoms with van der Waals surface area (Å²) in [6.45, 7) is 22.3. The predicted octanol–water partition coefficient (Wildman–Crippen LogP) is 9.99. The summed E-state index contributed by atoms with van der Waals surface area (Å²) in [5.74, 6) is 3.57. The number of allylic oxidation sites excluding steroid dienone is 1.